The maximum absolute atomic E-state index is 13.5. The third-order valence-corrected chi connectivity index (χ3v) is 4.98. The van der Waals surface area contributed by atoms with Crippen molar-refractivity contribution in [2.45, 2.75) is 45.9 Å². The molecule has 0 fully saturated rings. The molecule has 2 aromatic rings. The van der Waals surface area contributed by atoms with Crippen molar-refractivity contribution in [3.63, 3.8) is 0 Å². The van der Waals surface area contributed by atoms with Crippen molar-refractivity contribution in [1.82, 2.24) is 15.8 Å². The number of guanidine groups is 1. The van der Waals surface area contributed by atoms with Crippen LogP contribution < -0.4 is 10.6 Å². The highest BCUT2D eigenvalue weighted by atomic mass is 127. The number of halogens is 2. The van der Waals surface area contributed by atoms with Crippen molar-refractivity contribution in [1.29, 1.82) is 0 Å². The fourth-order valence-electron chi connectivity index (χ4n) is 3.09. The standard InChI is InChI=1S/C20H29FN4OS.HI/c1-6-22-20(23-10-13(2)19-14(3)25-26-15(19)4)24-11-16-7-8-18(21)9-17(16)12-27-5;/h7-9,13H,6,10-12H2,1-5H3,(H2,22,23,24);1H. The van der Waals surface area contributed by atoms with E-state index in [2.05, 4.69) is 27.7 Å². The molecule has 0 bridgehead atoms. The van der Waals surface area contributed by atoms with Crippen LogP contribution in [0.3, 0.4) is 0 Å². The van der Waals surface area contributed by atoms with E-state index in [0.717, 1.165) is 52.9 Å². The van der Waals surface area contributed by atoms with E-state index in [-0.39, 0.29) is 35.7 Å². The summed E-state index contributed by atoms with van der Waals surface area (Å²) in [7, 11) is 0. The van der Waals surface area contributed by atoms with Gasteiger partial charge in [-0.3, -0.25) is 0 Å². The maximum Gasteiger partial charge on any atom is 0.191 e. The van der Waals surface area contributed by atoms with Crippen molar-refractivity contribution in [2.24, 2.45) is 4.99 Å². The molecule has 8 heteroatoms. The Morgan fingerprint density at radius 3 is 2.64 bits per heavy atom. The Labute approximate surface area is 188 Å². The number of nitrogens with one attached hydrogen (secondary N) is 2. The van der Waals surface area contributed by atoms with Crippen LogP contribution in [0, 0.1) is 19.7 Å². The van der Waals surface area contributed by atoms with Gasteiger partial charge in [-0.15, -0.1) is 24.0 Å². The minimum atomic E-state index is -0.204. The first-order valence-electron chi connectivity index (χ1n) is 9.17. The van der Waals surface area contributed by atoms with Gasteiger partial charge in [0.2, 0.25) is 0 Å². The van der Waals surface area contributed by atoms with Crippen LogP contribution in [0.4, 0.5) is 4.39 Å². The zero-order valence-corrected chi connectivity index (χ0v) is 20.3. The van der Waals surface area contributed by atoms with Gasteiger partial charge in [0.15, 0.2) is 5.96 Å². The molecule has 28 heavy (non-hydrogen) atoms. The van der Waals surface area contributed by atoms with Gasteiger partial charge in [-0.25, -0.2) is 9.38 Å². The van der Waals surface area contributed by atoms with Crippen molar-refractivity contribution >= 4 is 41.7 Å². The van der Waals surface area contributed by atoms with Crippen LogP contribution in [-0.4, -0.2) is 30.5 Å². The molecule has 0 saturated heterocycles. The van der Waals surface area contributed by atoms with Gasteiger partial charge in [0, 0.05) is 30.3 Å². The Morgan fingerprint density at radius 2 is 2.04 bits per heavy atom. The molecule has 0 aliphatic carbocycles. The highest BCUT2D eigenvalue weighted by Gasteiger charge is 2.16. The van der Waals surface area contributed by atoms with Gasteiger partial charge in [0.25, 0.3) is 0 Å². The lowest BCUT2D eigenvalue weighted by Crippen LogP contribution is -2.39. The van der Waals surface area contributed by atoms with Crippen LogP contribution >= 0.6 is 35.7 Å². The number of thioether (sulfide) groups is 1. The summed E-state index contributed by atoms with van der Waals surface area (Å²) < 4.78 is 18.8. The number of benzene rings is 1. The van der Waals surface area contributed by atoms with Gasteiger partial charge in [0.1, 0.15) is 11.6 Å². The number of rotatable bonds is 8. The number of aromatic nitrogens is 1. The maximum atomic E-state index is 13.5. The normalized spacial score (nSPS) is 12.4. The van der Waals surface area contributed by atoms with E-state index in [0.29, 0.717) is 6.54 Å². The Hall–Kier alpha value is -1.29. The third kappa shape index (κ3) is 6.95. The van der Waals surface area contributed by atoms with E-state index in [1.54, 1.807) is 17.8 Å². The molecule has 0 radical (unpaired) electrons. The van der Waals surface area contributed by atoms with Crippen molar-refractivity contribution in [3.8, 4) is 0 Å². The second kappa shape index (κ2) is 12.3. The summed E-state index contributed by atoms with van der Waals surface area (Å²) in [6, 6.07) is 4.91. The number of hydrogen-bond donors (Lipinski definition) is 2. The molecular weight excluding hydrogens is 490 g/mol. The Bertz CT molecular complexity index is 762. The Balaban J connectivity index is 0.00000392. The lowest BCUT2D eigenvalue weighted by Gasteiger charge is -2.16. The predicted molar refractivity (Wildman–Crippen MR) is 126 cm³/mol. The molecule has 1 unspecified atom stereocenters. The summed E-state index contributed by atoms with van der Waals surface area (Å²) in [5, 5.41) is 10.7. The lowest BCUT2D eigenvalue weighted by molar-refractivity contribution is 0.391. The van der Waals surface area contributed by atoms with Gasteiger partial charge in [-0.2, -0.15) is 11.8 Å². The molecule has 0 aliphatic rings. The molecule has 0 spiro atoms. The number of aliphatic imine (C=N–C) groups is 1. The molecule has 0 saturated carbocycles. The van der Waals surface area contributed by atoms with Crippen molar-refractivity contribution < 1.29 is 8.91 Å². The fraction of sp³-hybridized carbons (Fsp3) is 0.500. The van der Waals surface area contributed by atoms with E-state index in [1.165, 1.54) is 6.07 Å². The zero-order valence-electron chi connectivity index (χ0n) is 17.1. The van der Waals surface area contributed by atoms with Gasteiger partial charge < -0.3 is 15.2 Å². The average Bonchev–Trinajstić information content (AvgIpc) is 2.97. The number of hydrogen-bond acceptors (Lipinski definition) is 4. The quantitative estimate of drug-likeness (QED) is 0.298. The van der Waals surface area contributed by atoms with Gasteiger partial charge in [-0.05, 0) is 50.3 Å². The Kier molecular flexibility index (Phi) is 10.9. The van der Waals surface area contributed by atoms with E-state index in [4.69, 9.17) is 4.52 Å². The van der Waals surface area contributed by atoms with Crippen molar-refractivity contribution in [3.05, 3.63) is 52.2 Å². The molecule has 1 aromatic carbocycles. The first kappa shape index (κ1) is 24.7. The second-order valence-corrected chi connectivity index (χ2v) is 7.43. The summed E-state index contributed by atoms with van der Waals surface area (Å²) in [5.41, 5.74) is 4.10. The summed E-state index contributed by atoms with van der Waals surface area (Å²) in [6.07, 6.45) is 2.01. The van der Waals surface area contributed by atoms with Crippen LogP contribution in [0.2, 0.25) is 0 Å². The second-order valence-electron chi connectivity index (χ2n) is 6.56. The summed E-state index contributed by atoms with van der Waals surface area (Å²) in [4.78, 5) is 4.68. The molecule has 1 aromatic heterocycles. The van der Waals surface area contributed by atoms with Gasteiger partial charge in [-0.1, -0.05) is 18.1 Å². The van der Waals surface area contributed by atoms with Crippen LogP contribution in [0.15, 0.2) is 27.7 Å². The minimum Gasteiger partial charge on any atom is -0.361 e. The molecule has 0 aliphatic heterocycles. The van der Waals surface area contributed by atoms with Crippen LogP contribution in [0.5, 0.6) is 0 Å². The molecule has 5 nitrogen and oxygen atoms in total. The molecule has 1 heterocycles. The SMILES string of the molecule is CCNC(=NCc1ccc(F)cc1CSC)NCC(C)c1c(C)noc1C.I. The van der Waals surface area contributed by atoms with E-state index in [1.807, 2.05) is 33.1 Å². The van der Waals surface area contributed by atoms with Gasteiger partial charge in [0.05, 0.1) is 12.2 Å². The summed E-state index contributed by atoms with van der Waals surface area (Å²) in [5.74, 6) is 2.42. The molecule has 0 amide bonds. The van der Waals surface area contributed by atoms with E-state index >= 15 is 0 Å². The van der Waals surface area contributed by atoms with Crippen LogP contribution in [0.1, 0.15) is 47.9 Å². The Morgan fingerprint density at radius 1 is 1.29 bits per heavy atom. The summed E-state index contributed by atoms with van der Waals surface area (Å²) in [6.45, 7) is 10.1. The smallest absolute Gasteiger partial charge is 0.191 e. The molecule has 1 atom stereocenters. The zero-order chi connectivity index (χ0) is 19.8. The monoisotopic (exact) mass is 520 g/mol. The molecular formula is C20H30FIN4OS. The topological polar surface area (TPSA) is 62.5 Å². The van der Waals surface area contributed by atoms with E-state index in [9.17, 15) is 4.39 Å². The third-order valence-electron chi connectivity index (χ3n) is 4.38. The molecule has 2 N–H and O–H groups in total. The predicted octanol–water partition coefficient (Wildman–Crippen LogP) is 4.77. The molecule has 156 valence electrons. The summed E-state index contributed by atoms with van der Waals surface area (Å²) >= 11 is 1.68. The van der Waals surface area contributed by atoms with Crippen LogP contribution in [0.25, 0.3) is 0 Å². The number of nitrogens with zero attached hydrogens (tertiary/aromatic N) is 2. The highest BCUT2D eigenvalue weighted by Crippen LogP contribution is 2.22. The number of aryl methyl sites for hydroxylation is 2. The van der Waals surface area contributed by atoms with Crippen molar-refractivity contribution in [2.75, 3.05) is 19.3 Å². The lowest BCUT2D eigenvalue weighted by atomic mass is 10.00. The van der Waals surface area contributed by atoms with E-state index < -0.39 is 0 Å². The first-order valence-corrected chi connectivity index (χ1v) is 10.6. The largest absolute Gasteiger partial charge is 0.361 e. The van der Waals surface area contributed by atoms with Crippen LogP contribution in [-0.2, 0) is 12.3 Å². The highest BCUT2D eigenvalue weighted by molar-refractivity contribution is 14.0. The average molecular weight is 520 g/mol. The molecule has 2 rings (SSSR count). The van der Waals surface area contributed by atoms with Gasteiger partial charge >= 0.3 is 0 Å². The first-order chi connectivity index (χ1) is 13.0. The fourth-order valence-corrected chi connectivity index (χ4v) is 3.67. The minimum absolute atomic E-state index is 0.